The van der Waals surface area contributed by atoms with Crippen LogP contribution in [0, 0.1) is 6.92 Å². The van der Waals surface area contributed by atoms with Crippen molar-refractivity contribution in [2.75, 3.05) is 10.2 Å². The molecule has 0 fully saturated rings. The van der Waals surface area contributed by atoms with Gasteiger partial charge < -0.3 is 19.4 Å². The lowest BCUT2D eigenvalue weighted by Crippen LogP contribution is -2.44. The molecule has 5 rings (SSSR count). The van der Waals surface area contributed by atoms with Gasteiger partial charge in [-0.2, -0.15) is 18.1 Å². The molecule has 2 aromatic carbocycles. The number of benzene rings is 2. The number of hydrogen-bond acceptors (Lipinski definition) is 7. The Morgan fingerprint density at radius 1 is 0.878 bits per heavy atom. The van der Waals surface area contributed by atoms with Gasteiger partial charge in [-0.15, -0.1) is 0 Å². The Hall–Kier alpha value is -5.66. The van der Waals surface area contributed by atoms with Crippen LogP contribution in [0.25, 0.3) is 22.6 Å². The summed E-state index contributed by atoms with van der Waals surface area (Å²) in [5.74, 6) is -0.646. The Bertz CT molecular complexity index is 2010. The monoisotopic (exact) mass is 676 g/mol. The zero-order valence-corrected chi connectivity index (χ0v) is 27.9. The van der Waals surface area contributed by atoms with Gasteiger partial charge in [-0.3, -0.25) is 9.20 Å². The molecule has 0 unspecified atom stereocenters. The average Bonchev–Trinajstić information content (AvgIpc) is 3.66. The molecule has 14 heteroatoms. The third-order valence-corrected chi connectivity index (χ3v) is 6.99. The van der Waals surface area contributed by atoms with Crippen LogP contribution in [0.1, 0.15) is 63.0 Å². The number of rotatable bonds is 5. The van der Waals surface area contributed by atoms with Gasteiger partial charge >= 0.3 is 18.4 Å². The van der Waals surface area contributed by atoms with E-state index < -0.39 is 41.0 Å². The molecule has 0 aliphatic rings. The molecule has 11 nitrogen and oxygen atoms in total. The number of halogens is 3. The highest BCUT2D eigenvalue weighted by molar-refractivity contribution is 6.12. The summed E-state index contributed by atoms with van der Waals surface area (Å²) in [6.07, 6.45) is 0.912. The Kier molecular flexibility index (Phi) is 9.02. The van der Waals surface area contributed by atoms with Crippen LogP contribution < -0.4 is 10.2 Å². The third-order valence-electron chi connectivity index (χ3n) is 6.99. The smallest absolute Gasteiger partial charge is 0.424 e. The van der Waals surface area contributed by atoms with E-state index in [4.69, 9.17) is 9.47 Å². The largest absolute Gasteiger partial charge is 0.443 e. The quantitative estimate of drug-likeness (QED) is 0.198. The van der Waals surface area contributed by atoms with Crippen LogP contribution in [0.5, 0.6) is 0 Å². The summed E-state index contributed by atoms with van der Waals surface area (Å²) in [5, 5.41) is 2.58. The lowest BCUT2D eigenvalue weighted by molar-refractivity contribution is -0.137. The summed E-state index contributed by atoms with van der Waals surface area (Å²) in [4.78, 5) is 49.3. The molecule has 256 valence electrons. The summed E-state index contributed by atoms with van der Waals surface area (Å²) in [6.45, 7) is 11.8. The highest BCUT2D eigenvalue weighted by Crippen LogP contribution is 2.34. The SMILES string of the molecule is Cc1ccc(C(=O)Nc2cc(-n3ccnc3)cc(C(F)(F)F)c2)cc1-c1cnc2c(N(C(=O)OC(C)(C)C)C(=O)OC(C)(C)C)cccn12. The molecule has 0 bridgehead atoms. The van der Waals surface area contributed by atoms with Crippen molar-refractivity contribution in [3.63, 3.8) is 0 Å². The molecule has 0 saturated heterocycles. The number of nitrogens with one attached hydrogen (secondary N) is 1. The van der Waals surface area contributed by atoms with Crippen LogP contribution in [0.3, 0.4) is 0 Å². The maximum absolute atomic E-state index is 13.7. The van der Waals surface area contributed by atoms with Crippen molar-refractivity contribution in [2.45, 2.75) is 65.8 Å². The summed E-state index contributed by atoms with van der Waals surface area (Å²) < 4.78 is 55.3. The number of amides is 3. The van der Waals surface area contributed by atoms with Crippen molar-refractivity contribution >= 4 is 35.1 Å². The molecule has 3 heterocycles. The van der Waals surface area contributed by atoms with Crippen molar-refractivity contribution in [1.29, 1.82) is 0 Å². The fraction of sp³-hybridized carbons (Fsp3) is 0.286. The molecule has 5 aromatic rings. The molecular weight excluding hydrogens is 641 g/mol. The van der Waals surface area contributed by atoms with Gasteiger partial charge in [-0.1, -0.05) is 6.07 Å². The number of ether oxygens (including phenoxy) is 2. The Morgan fingerprint density at radius 3 is 2.14 bits per heavy atom. The van der Waals surface area contributed by atoms with E-state index in [1.54, 1.807) is 76.4 Å². The number of nitrogens with zero attached hydrogens (tertiary/aromatic N) is 5. The van der Waals surface area contributed by atoms with Crippen molar-refractivity contribution in [1.82, 2.24) is 18.9 Å². The number of alkyl halides is 3. The van der Waals surface area contributed by atoms with E-state index in [1.165, 1.54) is 41.6 Å². The minimum atomic E-state index is -4.66. The lowest BCUT2D eigenvalue weighted by atomic mass is 10.0. The first-order valence-electron chi connectivity index (χ1n) is 15.2. The summed E-state index contributed by atoms with van der Waals surface area (Å²) in [5.41, 5.74) is -0.352. The van der Waals surface area contributed by atoms with Crippen LogP contribution in [0.4, 0.5) is 34.1 Å². The number of anilines is 2. The number of imide groups is 1. The lowest BCUT2D eigenvalue weighted by Gasteiger charge is -2.28. The predicted octanol–water partition coefficient (Wildman–Crippen LogP) is 8.44. The van der Waals surface area contributed by atoms with Gasteiger partial charge in [0.1, 0.15) is 16.9 Å². The van der Waals surface area contributed by atoms with E-state index >= 15 is 0 Å². The second-order valence-electron chi connectivity index (χ2n) is 13.2. The maximum atomic E-state index is 13.7. The summed E-state index contributed by atoms with van der Waals surface area (Å²) in [7, 11) is 0. The van der Waals surface area contributed by atoms with Gasteiger partial charge in [0.15, 0.2) is 5.65 Å². The molecule has 0 atom stereocenters. The second kappa shape index (κ2) is 12.7. The first-order valence-corrected chi connectivity index (χ1v) is 15.2. The molecule has 0 aliphatic heterocycles. The molecule has 0 spiro atoms. The number of imidazole rings is 2. The highest BCUT2D eigenvalue weighted by atomic mass is 19.4. The Labute approximate surface area is 280 Å². The normalized spacial score (nSPS) is 12.1. The summed E-state index contributed by atoms with van der Waals surface area (Å²) in [6, 6.07) is 11.2. The molecule has 3 aromatic heterocycles. The molecule has 49 heavy (non-hydrogen) atoms. The maximum Gasteiger partial charge on any atom is 0.424 e. The number of fused-ring (bicyclic) bond motifs is 1. The fourth-order valence-corrected chi connectivity index (χ4v) is 4.91. The standard InChI is InChI=1S/C35H35F3N6O5/c1-21-10-11-22(30(45)41-24-16-23(35(36,37)38)17-25(18-24)42-14-12-39-20-42)15-26(21)28-19-40-29-27(9-8-13-43(28)29)44(31(46)48-33(2,3)4)32(47)49-34(5,6)7/h8-20H,1-7H3,(H,41,45). The van der Waals surface area contributed by atoms with Crippen molar-refractivity contribution in [2.24, 2.45) is 0 Å². The van der Waals surface area contributed by atoms with E-state index in [2.05, 4.69) is 15.3 Å². The number of hydrogen-bond donors (Lipinski definition) is 1. The molecule has 0 saturated carbocycles. The Morgan fingerprint density at radius 2 is 1.55 bits per heavy atom. The van der Waals surface area contributed by atoms with Gasteiger partial charge in [-0.25, -0.2) is 19.6 Å². The highest BCUT2D eigenvalue weighted by Gasteiger charge is 2.35. The van der Waals surface area contributed by atoms with Crippen molar-refractivity contribution in [3.05, 3.63) is 96.3 Å². The van der Waals surface area contributed by atoms with Crippen molar-refractivity contribution < 1.29 is 37.0 Å². The van der Waals surface area contributed by atoms with Crippen LogP contribution in [0.2, 0.25) is 0 Å². The van der Waals surface area contributed by atoms with E-state index in [0.29, 0.717) is 11.3 Å². The van der Waals surface area contributed by atoms with Crippen LogP contribution in [-0.2, 0) is 15.7 Å². The van der Waals surface area contributed by atoms with E-state index in [0.717, 1.165) is 22.6 Å². The number of carbonyl (C=O) groups excluding carboxylic acids is 3. The predicted molar refractivity (Wildman–Crippen MR) is 177 cm³/mol. The van der Waals surface area contributed by atoms with Crippen LogP contribution >= 0.6 is 0 Å². The number of aromatic nitrogens is 4. The van der Waals surface area contributed by atoms with Gasteiger partial charge in [-0.05, 0) is 96.5 Å². The van der Waals surface area contributed by atoms with E-state index in [1.807, 2.05) is 6.92 Å². The number of pyridine rings is 1. The zero-order valence-electron chi connectivity index (χ0n) is 27.9. The summed E-state index contributed by atoms with van der Waals surface area (Å²) >= 11 is 0. The number of carbonyl (C=O) groups is 3. The first-order chi connectivity index (χ1) is 22.8. The van der Waals surface area contributed by atoms with Gasteiger partial charge in [0.05, 0.1) is 23.8 Å². The van der Waals surface area contributed by atoms with E-state index in [9.17, 15) is 27.6 Å². The average molecular weight is 677 g/mol. The van der Waals surface area contributed by atoms with Crippen LogP contribution in [0.15, 0.2) is 79.6 Å². The molecule has 0 aliphatic carbocycles. The molecule has 1 N–H and O–H groups in total. The van der Waals surface area contributed by atoms with Gasteiger partial charge in [0.25, 0.3) is 5.91 Å². The molecule has 3 amide bonds. The van der Waals surface area contributed by atoms with Crippen molar-refractivity contribution in [3.8, 4) is 16.9 Å². The topological polar surface area (TPSA) is 120 Å². The molecular formula is C35H35F3N6O5. The third kappa shape index (κ3) is 7.91. The number of aryl methyl sites for hydroxylation is 1. The van der Waals surface area contributed by atoms with Crippen LogP contribution in [-0.4, -0.2) is 48.2 Å². The zero-order chi connectivity index (χ0) is 35.9. The van der Waals surface area contributed by atoms with Gasteiger partial charge in [0, 0.05) is 41.1 Å². The Balaban J connectivity index is 1.52. The minimum Gasteiger partial charge on any atom is -0.443 e. The molecule has 0 radical (unpaired) electrons. The fourth-order valence-electron chi connectivity index (χ4n) is 4.91. The van der Waals surface area contributed by atoms with Gasteiger partial charge in [0.2, 0.25) is 0 Å². The first kappa shape index (κ1) is 34.7. The second-order valence-corrected chi connectivity index (χ2v) is 13.2. The minimum absolute atomic E-state index is 0.0607. The van der Waals surface area contributed by atoms with E-state index in [-0.39, 0.29) is 28.3 Å².